The van der Waals surface area contributed by atoms with Crippen LogP contribution < -0.4 is 15.0 Å². The average Bonchev–Trinajstić information content (AvgIpc) is 2.91. The maximum Gasteiger partial charge on any atom is 0.321 e. The lowest BCUT2D eigenvalue weighted by atomic mass is 10.4. The first-order valence-corrected chi connectivity index (χ1v) is 7.65. The third-order valence-corrected chi connectivity index (χ3v) is 4.12. The van der Waals surface area contributed by atoms with Crippen LogP contribution in [0, 0.1) is 0 Å². The Labute approximate surface area is 134 Å². The van der Waals surface area contributed by atoms with Crippen LogP contribution in [0.4, 0.5) is 5.95 Å². The number of rotatable bonds is 5. The summed E-state index contributed by atoms with van der Waals surface area (Å²) in [7, 11) is 5.13. The lowest BCUT2D eigenvalue weighted by molar-refractivity contribution is 0.0953. The molecule has 0 aromatic carbocycles. The number of methoxy groups -OCH3 is 1. The van der Waals surface area contributed by atoms with Gasteiger partial charge in [-0.2, -0.15) is 15.0 Å². The molecule has 21 heavy (non-hydrogen) atoms. The van der Waals surface area contributed by atoms with E-state index < -0.39 is 0 Å². The molecule has 0 radical (unpaired) electrons. The van der Waals surface area contributed by atoms with Crippen molar-refractivity contribution in [3.63, 3.8) is 0 Å². The first-order valence-electron chi connectivity index (χ1n) is 5.98. The van der Waals surface area contributed by atoms with Crippen molar-refractivity contribution >= 4 is 39.1 Å². The molecule has 0 saturated carbocycles. The molecule has 2 aromatic rings. The molecule has 1 amide bonds. The number of nitrogens with one attached hydrogen (secondary N) is 1. The van der Waals surface area contributed by atoms with Crippen molar-refractivity contribution in [3.05, 3.63) is 26.6 Å². The van der Waals surface area contributed by atoms with Gasteiger partial charge in [0.2, 0.25) is 5.95 Å². The first-order chi connectivity index (χ1) is 9.99. The minimum absolute atomic E-state index is 0.170. The average molecular weight is 372 g/mol. The molecular formula is C12H14BrN5O2S. The summed E-state index contributed by atoms with van der Waals surface area (Å²) in [6, 6.07) is 1.98. The molecule has 1 N–H and O–H groups in total. The molecule has 0 fully saturated rings. The summed E-state index contributed by atoms with van der Waals surface area (Å²) in [4.78, 5) is 26.8. The number of aromatic nitrogens is 3. The van der Waals surface area contributed by atoms with Gasteiger partial charge in [0, 0.05) is 23.9 Å². The second-order valence-corrected chi connectivity index (χ2v) is 6.07. The van der Waals surface area contributed by atoms with E-state index >= 15 is 0 Å². The topological polar surface area (TPSA) is 80.2 Å². The Morgan fingerprint density at radius 3 is 2.76 bits per heavy atom. The molecule has 7 nitrogen and oxygen atoms in total. The van der Waals surface area contributed by atoms with Gasteiger partial charge in [-0.3, -0.25) is 4.79 Å². The third kappa shape index (κ3) is 4.11. The Morgan fingerprint density at radius 2 is 2.19 bits per heavy atom. The van der Waals surface area contributed by atoms with Crippen molar-refractivity contribution in [2.24, 2.45) is 0 Å². The fraction of sp³-hybridized carbons (Fsp3) is 0.333. The van der Waals surface area contributed by atoms with Crippen LogP contribution in [0.25, 0.3) is 0 Å². The van der Waals surface area contributed by atoms with E-state index in [0.717, 1.165) is 4.47 Å². The highest BCUT2D eigenvalue weighted by Crippen LogP contribution is 2.19. The van der Waals surface area contributed by atoms with Gasteiger partial charge < -0.3 is 15.0 Å². The molecule has 2 heterocycles. The van der Waals surface area contributed by atoms with Gasteiger partial charge in [-0.25, -0.2) is 0 Å². The molecule has 0 aliphatic heterocycles. The van der Waals surface area contributed by atoms with Gasteiger partial charge in [0.25, 0.3) is 5.91 Å². The van der Waals surface area contributed by atoms with E-state index in [4.69, 9.17) is 4.74 Å². The van der Waals surface area contributed by atoms with Crippen LogP contribution in [0.2, 0.25) is 0 Å². The van der Waals surface area contributed by atoms with Gasteiger partial charge >= 0.3 is 6.01 Å². The number of thiophene rings is 1. The van der Waals surface area contributed by atoms with E-state index in [1.54, 1.807) is 11.0 Å². The first kappa shape index (κ1) is 15.6. The summed E-state index contributed by atoms with van der Waals surface area (Å²) in [5.41, 5.74) is 0. The fourth-order valence-electron chi connectivity index (χ4n) is 1.44. The van der Waals surface area contributed by atoms with E-state index in [0.29, 0.717) is 16.6 Å². The highest BCUT2D eigenvalue weighted by Gasteiger charge is 2.12. The second kappa shape index (κ2) is 6.81. The van der Waals surface area contributed by atoms with Gasteiger partial charge in [-0.05, 0) is 22.0 Å². The summed E-state index contributed by atoms with van der Waals surface area (Å²) in [5.74, 6) is 0.746. The number of nitrogens with zero attached hydrogens (tertiary/aromatic N) is 4. The monoisotopic (exact) mass is 371 g/mol. The van der Waals surface area contributed by atoms with E-state index in [1.807, 2.05) is 19.5 Å². The van der Waals surface area contributed by atoms with Crippen LogP contribution in [0.15, 0.2) is 15.9 Å². The van der Waals surface area contributed by atoms with Gasteiger partial charge in [0.05, 0.1) is 18.5 Å². The molecule has 0 aliphatic carbocycles. The highest BCUT2D eigenvalue weighted by atomic mass is 79.9. The molecule has 2 aromatic heterocycles. The zero-order valence-electron chi connectivity index (χ0n) is 11.8. The van der Waals surface area contributed by atoms with Crippen molar-refractivity contribution in [3.8, 4) is 6.01 Å². The van der Waals surface area contributed by atoms with Crippen LogP contribution in [-0.4, -0.2) is 42.1 Å². The molecule has 9 heteroatoms. The van der Waals surface area contributed by atoms with E-state index in [-0.39, 0.29) is 18.5 Å². The lowest BCUT2D eigenvalue weighted by Crippen LogP contribution is -2.24. The van der Waals surface area contributed by atoms with E-state index in [1.165, 1.54) is 18.4 Å². The van der Waals surface area contributed by atoms with Crippen LogP contribution in [0.3, 0.4) is 0 Å². The minimum Gasteiger partial charge on any atom is -0.467 e. The molecule has 2 rings (SSSR count). The summed E-state index contributed by atoms with van der Waals surface area (Å²) < 4.78 is 5.92. The molecule has 0 saturated heterocycles. The van der Waals surface area contributed by atoms with Gasteiger partial charge in [0.1, 0.15) is 0 Å². The second-order valence-electron chi connectivity index (χ2n) is 4.24. The van der Waals surface area contributed by atoms with E-state index in [2.05, 4.69) is 36.2 Å². The molecule has 0 atom stereocenters. The van der Waals surface area contributed by atoms with Gasteiger partial charge in [-0.15, -0.1) is 11.3 Å². The van der Waals surface area contributed by atoms with E-state index in [9.17, 15) is 4.79 Å². The maximum absolute atomic E-state index is 12.0. The number of carbonyl (C=O) groups is 1. The number of hydrogen-bond acceptors (Lipinski definition) is 7. The molecule has 112 valence electrons. The van der Waals surface area contributed by atoms with Crippen molar-refractivity contribution in [1.29, 1.82) is 0 Å². The number of hydrogen-bond donors (Lipinski definition) is 1. The summed E-state index contributed by atoms with van der Waals surface area (Å²) in [5, 5.41) is 4.62. The molecular weight excluding hydrogens is 358 g/mol. The quantitative estimate of drug-likeness (QED) is 0.861. The smallest absolute Gasteiger partial charge is 0.321 e. The third-order valence-electron chi connectivity index (χ3n) is 2.43. The Balaban J connectivity index is 2.08. The van der Waals surface area contributed by atoms with Gasteiger partial charge in [-0.1, -0.05) is 0 Å². The number of anilines is 1. The largest absolute Gasteiger partial charge is 0.467 e. The fourth-order valence-corrected chi connectivity index (χ4v) is 2.78. The van der Waals surface area contributed by atoms with Crippen LogP contribution in [0.5, 0.6) is 6.01 Å². The normalized spacial score (nSPS) is 10.3. The molecule has 0 aliphatic rings. The van der Waals surface area contributed by atoms with Crippen molar-refractivity contribution in [1.82, 2.24) is 20.3 Å². The minimum atomic E-state index is -0.170. The Kier molecular flexibility index (Phi) is 5.07. The standard InChI is InChI=1S/C12H14BrN5O2S/c1-18(2)11-15-9(16-12(17-11)20-3)5-14-10(19)8-4-7(13)6-21-8/h4,6H,5H2,1-3H3,(H,14,19). The number of amides is 1. The van der Waals surface area contributed by atoms with Crippen LogP contribution in [0.1, 0.15) is 15.5 Å². The van der Waals surface area contributed by atoms with Crippen molar-refractivity contribution in [2.45, 2.75) is 6.54 Å². The molecule has 0 unspecified atom stereocenters. The number of carbonyl (C=O) groups excluding carboxylic acids is 1. The SMILES string of the molecule is COc1nc(CNC(=O)c2cc(Br)cs2)nc(N(C)C)n1. The Bertz CT molecular complexity index is 646. The zero-order chi connectivity index (χ0) is 15.4. The van der Waals surface area contributed by atoms with Crippen molar-refractivity contribution in [2.75, 3.05) is 26.1 Å². The zero-order valence-corrected chi connectivity index (χ0v) is 14.2. The summed E-state index contributed by atoms with van der Waals surface area (Å²) >= 11 is 4.68. The molecule has 0 spiro atoms. The van der Waals surface area contributed by atoms with Gasteiger partial charge in [0.15, 0.2) is 5.82 Å². The summed E-state index contributed by atoms with van der Waals surface area (Å²) in [6.07, 6.45) is 0. The predicted molar refractivity (Wildman–Crippen MR) is 83.9 cm³/mol. The van der Waals surface area contributed by atoms with Crippen LogP contribution in [-0.2, 0) is 6.54 Å². The molecule has 0 bridgehead atoms. The Hall–Kier alpha value is -1.74. The van der Waals surface area contributed by atoms with Crippen LogP contribution >= 0.6 is 27.3 Å². The summed E-state index contributed by atoms with van der Waals surface area (Å²) in [6.45, 7) is 0.202. The number of halogens is 1. The lowest BCUT2D eigenvalue weighted by Gasteiger charge is -2.12. The maximum atomic E-state index is 12.0. The predicted octanol–water partition coefficient (Wildman–Crippen LogP) is 1.70. The highest BCUT2D eigenvalue weighted by molar-refractivity contribution is 9.10. The Morgan fingerprint density at radius 1 is 1.43 bits per heavy atom. The number of ether oxygens (including phenoxy) is 1. The van der Waals surface area contributed by atoms with Crippen molar-refractivity contribution < 1.29 is 9.53 Å².